The molecule has 146 valence electrons. The molecule has 2 heterocycles. The minimum absolute atomic E-state index is 0.119. The number of carbonyl (C=O) groups excluding carboxylic acids is 1. The van der Waals surface area contributed by atoms with Gasteiger partial charge in [0.05, 0.1) is 10.9 Å². The Morgan fingerprint density at radius 1 is 1.14 bits per heavy atom. The first-order valence-electron chi connectivity index (χ1n) is 8.36. The first-order valence-corrected chi connectivity index (χ1v) is 9.80. The van der Waals surface area contributed by atoms with Crippen LogP contribution in [0.1, 0.15) is 29.2 Å². The van der Waals surface area contributed by atoms with Crippen LogP contribution < -0.4 is 5.32 Å². The summed E-state index contributed by atoms with van der Waals surface area (Å²) < 4.78 is 30.8. The fraction of sp³-hybridized carbons (Fsp3) is 0.222. The third-order valence-electron chi connectivity index (χ3n) is 4.03. The number of nitrogens with zero attached hydrogens (tertiary/aromatic N) is 4. The molecule has 0 saturated heterocycles. The summed E-state index contributed by atoms with van der Waals surface area (Å²) in [6.07, 6.45) is 3.31. The highest BCUT2D eigenvalue weighted by atomic mass is 32.2. The number of sulfonamides is 1. The molecule has 9 nitrogen and oxygen atoms in total. The molecule has 3 aromatic rings. The van der Waals surface area contributed by atoms with Crippen molar-refractivity contribution in [2.24, 2.45) is 0 Å². The molecule has 10 heteroatoms. The molecular formula is C18H19N5O4S. The van der Waals surface area contributed by atoms with Crippen molar-refractivity contribution in [3.05, 3.63) is 60.2 Å². The zero-order valence-electron chi connectivity index (χ0n) is 15.5. The number of carbonyl (C=O) groups is 1. The summed E-state index contributed by atoms with van der Waals surface area (Å²) in [5, 5.41) is 10.4. The van der Waals surface area contributed by atoms with Gasteiger partial charge in [-0.1, -0.05) is 6.07 Å². The lowest BCUT2D eigenvalue weighted by atomic mass is 10.1. The Morgan fingerprint density at radius 2 is 1.86 bits per heavy atom. The lowest BCUT2D eigenvalue weighted by Gasteiger charge is -2.11. The van der Waals surface area contributed by atoms with E-state index in [1.807, 2.05) is 13.0 Å². The number of rotatable bonds is 6. The Balaban J connectivity index is 1.74. The topological polar surface area (TPSA) is 118 Å². The molecule has 0 fully saturated rings. The second kappa shape index (κ2) is 7.87. The van der Waals surface area contributed by atoms with Crippen LogP contribution in [-0.2, 0) is 10.0 Å². The summed E-state index contributed by atoms with van der Waals surface area (Å²) in [4.78, 5) is 16.5. The van der Waals surface area contributed by atoms with Gasteiger partial charge in [-0.25, -0.2) is 12.7 Å². The number of benzene rings is 1. The van der Waals surface area contributed by atoms with E-state index in [1.54, 1.807) is 30.6 Å². The van der Waals surface area contributed by atoms with E-state index in [4.69, 9.17) is 4.42 Å². The Kier molecular flexibility index (Phi) is 5.52. The lowest BCUT2D eigenvalue weighted by molar-refractivity contribution is 0.0905. The molecule has 1 N–H and O–H groups in total. The second-order valence-electron chi connectivity index (χ2n) is 6.21. The Morgan fingerprint density at radius 3 is 2.46 bits per heavy atom. The molecule has 0 aliphatic carbocycles. The van der Waals surface area contributed by atoms with Crippen molar-refractivity contribution in [2.45, 2.75) is 17.9 Å². The van der Waals surface area contributed by atoms with Gasteiger partial charge in [-0.05, 0) is 42.8 Å². The SMILES string of the molecule is C[C@H](NC(=O)c1nnc(-c2ccc(S(=O)(=O)N(C)C)cc2)o1)c1cccnc1. The molecule has 0 aliphatic heterocycles. The Labute approximate surface area is 162 Å². The fourth-order valence-corrected chi connectivity index (χ4v) is 3.29. The standard InChI is InChI=1S/C18H19N5O4S/c1-12(14-5-4-10-19-11-14)20-16(24)18-22-21-17(27-18)13-6-8-15(9-7-13)28(25,26)23(2)3/h4-12H,1-3H3,(H,20,24)/t12-/m0/s1. The molecule has 1 amide bonds. The van der Waals surface area contributed by atoms with E-state index >= 15 is 0 Å². The van der Waals surface area contributed by atoms with Gasteiger partial charge in [0.1, 0.15) is 0 Å². The summed E-state index contributed by atoms with van der Waals surface area (Å²) in [5.74, 6) is -0.578. The molecule has 0 unspecified atom stereocenters. The van der Waals surface area contributed by atoms with E-state index in [-0.39, 0.29) is 22.7 Å². The molecular weight excluding hydrogens is 382 g/mol. The predicted octanol–water partition coefficient (Wildman–Crippen LogP) is 1.87. The van der Waals surface area contributed by atoms with E-state index in [1.165, 1.54) is 26.2 Å². The fourth-order valence-electron chi connectivity index (χ4n) is 2.39. The highest BCUT2D eigenvalue weighted by Gasteiger charge is 2.20. The van der Waals surface area contributed by atoms with Crippen molar-refractivity contribution in [2.75, 3.05) is 14.1 Å². The lowest BCUT2D eigenvalue weighted by Crippen LogP contribution is -2.27. The van der Waals surface area contributed by atoms with Gasteiger partial charge < -0.3 is 9.73 Å². The van der Waals surface area contributed by atoms with Gasteiger partial charge in [0.2, 0.25) is 15.9 Å². The molecule has 3 rings (SSSR count). The van der Waals surface area contributed by atoms with E-state index < -0.39 is 15.9 Å². The molecule has 0 radical (unpaired) electrons. The molecule has 1 aromatic carbocycles. The van der Waals surface area contributed by atoms with Crippen molar-refractivity contribution in [3.8, 4) is 11.5 Å². The van der Waals surface area contributed by atoms with Crippen molar-refractivity contribution in [1.29, 1.82) is 0 Å². The third-order valence-corrected chi connectivity index (χ3v) is 5.86. The highest BCUT2D eigenvalue weighted by molar-refractivity contribution is 7.89. The minimum Gasteiger partial charge on any atom is -0.412 e. The van der Waals surface area contributed by atoms with Crippen LogP contribution >= 0.6 is 0 Å². The molecule has 1 atom stereocenters. The minimum atomic E-state index is -3.53. The molecule has 0 bridgehead atoms. The zero-order valence-corrected chi connectivity index (χ0v) is 16.3. The van der Waals surface area contributed by atoms with Crippen molar-refractivity contribution in [1.82, 2.24) is 24.8 Å². The third kappa shape index (κ3) is 4.07. The monoisotopic (exact) mass is 401 g/mol. The number of amides is 1. The molecule has 0 aliphatic rings. The number of hydrogen-bond donors (Lipinski definition) is 1. The summed E-state index contributed by atoms with van der Waals surface area (Å²) in [5.41, 5.74) is 1.35. The van der Waals surface area contributed by atoms with Crippen LogP contribution in [0.3, 0.4) is 0 Å². The van der Waals surface area contributed by atoms with E-state index in [9.17, 15) is 13.2 Å². The predicted molar refractivity (Wildman–Crippen MR) is 101 cm³/mol. The van der Waals surface area contributed by atoms with E-state index in [2.05, 4.69) is 20.5 Å². The summed E-state index contributed by atoms with van der Waals surface area (Å²) >= 11 is 0. The van der Waals surface area contributed by atoms with Crippen LogP contribution in [0, 0.1) is 0 Å². The summed E-state index contributed by atoms with van der Waals surface area (Å²) in [7, 11) is -0.612. The summed E-state index contributed by atoms with van der Waals surface area (Å²) in [6.45, 7) is 1.82. The maximum Gasteiger partial charge on any atom is 0.309 e. The van der Waals surface area contributed by atoms with Crippen LogP contribution in [0.5, 0.6) is 0 Å². The zero-order chi connectivity index (χ0) is 20.3. The van der Waals surface area contributed by atoms with Crippen molar-refractivity contribution >= 4 is 15.9 Å². The van der Waals surface area contributed by atoms with Gasteiger partial charge in [-0.15, -0.1) is 10.2 Å². The van der Waals surface area contributed by atoms with Gasteiger partial charge in [0, 0.05) is 32.1 Å². The first-order chi connectivity index (χ1) is 13.3. The van der Waals surface area contributed by atoms with Gasteiger partial charge in [-0.2, -0.15) is 0 Å². The molecule has 0 spiro atoms. The van der Waals surface area contributed by atoms with Crippen LogP contribution in [0.25, 0.3) is 11.5 Å². The quantitative estimate of drug-likeness (QED) is 0.670. The Bertz CT molecular complexity index is 1060. The largest absolute Gasteiger partial charge is 0.412 e. The van der Waals surface area contributed by atoms with E-state index in [0.29, 0.717) is 5.56 Å². The first kappa shape index (κ1) is 19.6. The smallest absolute Gasteiger partial charge is 0.309 e. The summed E-state index contributed by atoms with van der Waals surface area (Å²) in [6, 6.07) is 9.32. The van der Waals surface area contributed by atoms with Crippen LogP contribution in [0.15, 0.2) is 58.1 Å². The maximum absolute atomic E-state index is 12.3. The number of pyridine rings is 1. The number of nitrogens with one attached hydrogen (secondary N) is 1. The normalized spacial score (nSPS) is 12.7. The second-order valence-corrected chi connectivity index (χ2v) is 8.36. The van der Waals surface area contributed by atoms with Crippen molar-refractivity contribution < 1.29 is 17.6 Å². The number of aromatic nitrogens is 3. The van der Waals surface area contributed by atoms with Crippen LogP contribution in [0.2, 0.25) is 0 Å². The van der Waals surface area contributed by atoms with Crippen LogP contribution in [-0.4, -0.2) is 47.9 Å². The maximum atomic E-state index is 12.3. The van der Waals surface area contributed by atoms with Crippen LogP contribution in [0.4, 0.5) is 0 Å². The molecule has 28 heavy (non-hydrogen) atoms. The van der Waals surface area contributed by atoms with Gasteiger partial charge in [0.15, 0.2) is 0 Å². The van der Waals surface area contributed by atoms with Gasteiger partial charge in [0.25, 0.3) is 0 Å². The Hall–Kier alpha value is -3.11. The highest BCUT2D eigenvalue weighted by Crippen LogP contribution is 2.21. The number of hydrogen-bond acceptors (Lipinski definition) is 7. The molecule has 2 aromatic heterocycles. The van der Waals surface area contributed by atoms with Gasteiger partial charge >= 0.3 is 11.8 Å². The molecule has 0 saturated carbocycles. The average molecular weight is 401 g/mol. The van der Waals surface area contributed by atoms with Crippen molar-refractivity contribution in [3.63, 3.8) is 0 Å². The average Bonchev–Trinajstić information content (AvgIpc) is 3.19. The van der Waals surface area contributed by atoms with Gasteiger partial charge in [-0.3, -0.25) is 9.78 Å². The van der Waals surface area contributed by atoms with E-state index in [0.717, 1.165) is 9.87 Å².